The van der Waals surface area contributed by atoms with Gasteiger partial charge in [-0.15, -0.1) is 23.7 Å². The van der Waals surface area contributed by atoms with Gasteiger partial charge < -0.3 is 10.1 Å². The number of rotatable bonds is 5. The molecule has 2 heterocycles. The molecule has 1 N–H and O–H groups in total. The number of halogens is 1. The van der Waals surface area contributed by atoms with Crippen LogP contribution >= 0.6 is 23.7 Å². The number of nitrogens with one attached hydrogen (secondary N) is 1. The van der Waals surface area contributed by atoms with Gasteiger partial charge in [0.1, 0.15) is 17.0 Å². The molecule has 0 aliphatic heterocycles. The lowest BCUT2D eigenvalue weighted by Crippen LogP contribution is -2.04. The molecule has 29 heavy (non-hydrogen) atoms. The number of carbonyl (C=O) groups is 1. The predicted octanol–water partition coefficient (Wildman–Crippen LogP) is 6.01. The van der Waals surface area contributed by atoms with Crippen LogP contribution in [0, 0.1) is 6.92 Å². The van der Waals surface area contributed by atoms with Gasteiger partial charge in [-0.1, -0.05) is 29.8 Å². The molecule has 0 fully saturated rings. The molecule has 0 saturated carbocycles. The summed E-state index contributed by atoms with van der Waals surface area (Å²) in [6.07, 6.45) is 1.56. The van der Waals surface area contributed by atoms with E-state index in [0.29, 0.717) is 12.2 Å². The van der Waals surface area contributed by atoms with E-state index in [1.54, 1.807) is 36.7 Å². The van der Waals surface area contributed by atoms with E-state index in [-0.39, 0.29) is 18.4 Å². The fourth-order valence-electron chi connectivity index (χ4n) is 2.96. The van der Waals surface area contributed by atoms with E-state index in [1.165, 1.54) is 5.56 Å². The van der Waals surface area contributed by atoms with E-state index in [2.05, 4.69) is 51.9 Å². The summed E-state index contributed by atoms with van der Waals surface area (Å²) < 4.78 is 5.03. The number of hydrogen-bond donors (Lipinski definition) is 1. The average molecular weight is 426 g/mol. The maximum Gasteiger partial charge on any atom is 0.338 e. The predicted molar refractivity (Wildman–Crippen MR) is 121 cm³/mol. The molecule has 148 valence electrons. The fourth-order valence-corrected chi connectivity index (χ4v) is 3.87. The molecule has 0 spiro atoms. The number of anilines is 2. The van der Waals surface area contributed by atoms with E-state index in [4.69, 9.17) is 4.74 Å². The zero-order chi connectivity index (χ0) is 19.5. The Bertz CT molecular complexity index is 1130. The van der Waals surface area contributed by atoms with Crippen molar-refractivity contribution in [2.45, 2.75) is 13.8 Å². The van der Waals surface area contributed by atoms with E-state index in [1.807, 2.05) is 12.1 Å². The molecule has 0 atom stereocenters. The first kappa shape index (κ1) is 20.8. The van der Waals surface area contributed by atoms with Gasteiger partial charge in [-0.25, -0.2) is 14.8 Å². The van der Waals surface area contributed by atoms with Gasteiger partial charge >= 0.3 is 5.97 Å². The van der Waals surface area contributed by atoms with Crippen LogP contribution in [0.3, 0.4) is 0 Å². The van der Waals surface area contributed by atoms with Crippen LogP contribution in [0.4, 0.5) is 11.5 Å². The van der Waals surface area contributed by atoms with Crippen molar-refractivity contribution in [1.29, 1.82) is 0 Å². The molecule has 4 rings (SSSR count). The molecule has 4 aromatic rings. The molecule has 0 aliphatic carbocycles. The van der Waals surface area contributed by atoms with Gasteiger partial charge in [-0.05, 0) is 43.7 Å². The largest absolute Gasteiger partial charge is 0.462 e. The normalized spacial score (nSPS) is 10.4. The summed E-state index contributed by atoms with van der Waals surface area (Å²) >= 11 is 1.60. The van der Waals surface area contributed by atoms with Crippen LogP contribution in [-0.4, -0.2) is 22.5 Å². The number of fused-ring (bicyclic) bond motifs is 1. The zero-order valence-electron chi connectivity index (χ0n) is 16.0. The zero-order valence-corrected chi connectivity index (χ0v) is 17.6. The Balaban J connectivity index is 0.00000240. The first-order valence-electron chi connectivity index (χ1n) is 8.99. The Morgan fingerprint density at radius 2 is 1.79 bits per heavy atom. The molecule has 0 radical (unpaired) electrons. The highest BCUT2D eigenvalue weighted by Gasteiger charge is 2.14. The number of thiophene rings is 1. The van der Waals surface area contributed by atoms with Crippen molar-refractivity contribution in [3.05, 3.63) is 71.4 Å². The lowest BCUT2D eigenvalue weighted by atomic mass is 10.0. The number of ether oxygens (including phenoxy) is 1. The molecule has 0 aliphatic rings. The van der Waals surface area contributed by atoms with Crippen LogP contribution in [0.15, 0.2) is 60.2 Å². The van der Waals surface area contributed by atoms with Gasteiger partial charge in [0.25, 0.3) is 0 Å². The number of nitrogens with zero attached hydrogens (tertiary/aromatic N) is 2. The second kappa shape index (κ2) is 9.03. The third-order valence-corrected chi connectivity index (χ3v) is 5.28. The van der Waals surface area contributed by atoms with Gasteiger partial charge in [0, 0.05) is 16.6 Å². The molecule has 2 aromatic carbocycles. The lowest BCUT2D eigenvalue weighted by Gasteiger charge is -2.09. The summed E-state index contributed by atoms with van der Waals surface area (Å²) in [5.41, 5.74) is 4.82. The number of aryl methyl sites for hydroxylation is 1. The van der Waals surface area contributed by atoms with E-state index in [0.717, 1.165) is 32.8 Å². The molecular weight excluding hydrogens is 406 g/mol. The van der Waals surface area contributed by atoms with E-state index in [9.17, 15) is 4.79 Å². The monoisotopic (exact) mass is 425 g/mol. The minimum atomic E-state index is -0.321. The van der Waals surface area contributed by atoms with E-state index < -0.39 is 0 Å². The Kier molecular flexibility index (Phi) is 6.46. The lowest BCUT2D eigenvalue weighted by molar-refractivity contribution is 0.0526. The maximum absolute atomic E-state index is 11.8. The summed E-state index contributed by atoms with van der Waals surface area (Å²) in [4.78, 5) is 21.6. The molecule has 0 amide bonds. The van der Waals surface area contributed by atoms with Gasteiger partial charge in [0.2, 0.25) is 0 Å². The van der Waals surface area contributed by atoms with Crippen molar-refractivity contribution in [1.82, 2.24) is 9.97 Å². The fraction of sp³-hybridized carbons (Fsp3) is 0.136. The van der Waals surface area contributed by atoms with E-state index >= 15 is 0 Å². The smallest absolute Gasteiger partial charge is 0.338 e. The quantitative estimate of drug-likeness (QED) is 0.397. The summed E-state index contributed by atoms with van der Waals surface area (Å²) in [5.74, 6) is 0.420. The van der Waals surface area contributed by atoms with Crippen LogP contribution < -0.4 is 5.32 Å². The second-order valence-electron chi connectivity index (χ2n) is 6.34. The van der Waals surface area contributed by atoms with Crippen molar-refractivity contribution >= 4 is 51.4 Å². The minimum Gasteiger partial charge on any atom is -0.462 e. The molecule has 0 bridgehead atoms. The molecule has 2 aromatic heterocycles. The van der Waals surface area contributed by atoms with Gasteiger partial charge in [0.05, 0.1) is 17.6 Å². The summed E-state index contributed by atoms with van der Waals surface area (Å²) in [6, 6.07) is 15.6. The molecule has 0 saturated heterocycles. The van der Waals surface area contributed by atoms with Crippen molar-refractivity contribution in [2.24, 2.45) is 0 Å². The Morgan fingerprint density at radius 3 is 2.48 bits per heavy atom. The second-order valence-corrected chi connectivity index (χ2v) is 7.20. The Labute approximate surface area is 179 Å². The first-order valence-corrected chi connectivity index (χ1v) is 9.87. The third-order valence-electron chi connectivity index (χ3n) is 4.39. The van der Waals surface area contributed by atoms with Crippen molar-refractivity contribution in [2.75, 3.05) is 11.9 Å². The highest BCUT2D eigenvalue weighted by molar-refractivity contribution is 7.17. The Hall–Kier alpha value is -2.96. The van der Waals surface area contributed by atoms with Crippen LogP contribution in [0.2, 0.25) is 0 Å². The van der Waals surface area contributed by atoms with Crippen molar-refractivity contribution < 1.29 is 9.53 Å². The molecule has 0 unspecified atom stereocenters. The van der Waals surface area contributed by atoms with Crippen LogP contribution in [0.25, 0.3) is 21.3 Å². The van der Waals surface area contributed by atoms with Crippen LogP contribution in [0.5, 0.6) is 0 Å². The topological polar surface area (TPSA) is 64.1 Å². The summed E-state index contributed by atoms with van der Waals surface area (Å²) in [7, 11) is 0. The Morgan fingerprint density at radius 1 is 1.07 bits per heavy atom. The standard InChI is InChI=1S/C22H19N3O2S.ClH/c1-3-27-22(26)16-8-10-17(11-9-16)25-20-19-18(12-28-21(19)24-13-23-20)15-6-4-14(2)5-7-15;/h4-13H,3H2,1-2H3,(H,23,24,25);1H. The number of esters is 1. The minimum absolute atomic E-state index is 0. The summed E-state index contributed by atoms with van der Waals surface area (Å²) in [6.45, 7) is 4.23. The number of aromatic nitrogens is 2. The highest BCUT2D eigenvalue weighted by Crippen LogP contribution is 2.37. The van der Waals surface area contributed by atoms with Gasteiger partial charge in [-0.3, -0.25) is 0 Å². The number of benzene rings is 2. The number of hydrogen-bond acceptors (Lipinski definition) is 6. The molecule has 7 heteroatoms. The molecule has 5 nitrogen and oxygen atoms in total. The van der Waals surface area contributed by atoms with Gasteiger partial charge in [-0.2, -0.15) is 0 Å². The summed E-state index contributed by atoms with van der Waals surface area (Å²) in [5, 5.41) is 6.46. The average Bonchev–Trinajstić information content (AvgIpc) is 3.14. The highest BCUT2D eigenvalue weighted by atomic mass is 35.5. The third kappa shape index (κ3) is 4.39. The number of carbonyl (C=O) groups excluding carboxylic acids is 1. The van der Waals surface area contributed by atoms with Crippen molar-refractivity contribution in [3.8, 4) is 11.1 Å². The first-order chi connectivity index (χ1) is 13.7. The van der Waals surface area contributed by atoms with Crippen LogP contribution in [0.1, 0.15) is 22.8 Å². The molecular formula is C22H20ClN3O2S. The van der Waals surface area contributed by atoms with Crippen LogP contribution in [-0.2, 0) is 4.74 Å². The van der Waals surface area contributed by atoms with Gasteiger partial charge in [0.15, 0.2) is 0 Å². The van der Waals surface area contributed by atoms with Crippen molar-refractivity contribution in [3.63, 3.8) is 0 Å². The maximum atomic E-state index is 11.8. The SMILES string of the molecule is CCOC(=O)c1ccc(Nc2ncnc3scc(-c4ccc(C)cc4)c23)cc1.Cl.